The van der Waals surface area contributed by atoms with E-state index in [1.807, 2.05) is 24.3 Å². The topological polar surface area (TPSA) is 110 Å². The highest BCUT2D eigenvalue weighted by Crippen LogP contribution is 2.26. The van der Waals surface area contributed by atoms with Crippen LogP contribution in [0.2, 0.25) is 0 Å². The third kappa shape index (κ3) is 7.13. The molecule has 1 aromatic heterocycles. The highest BCUT2D eigenvalue weighted by Gasteiger charge is 2.30. The lowest BCUT2D eigenvalue weighted by Crippen LogP contribution is -2.43. The molecule has 8 heteroatoms. The summed E-state index contributed by atoms with van der Waals surface area (Å²) in [4.78, 5) is 32.7. The molecule has 0 bridgehead atoms. The number of nitrogens with two attached hydrogens (primary N) is 1. The van der Waals surface area contributed by atoms with E-state index in [2.05, 4.69) is 59.6 Å². The minimum absolute atomic E-state index is 0.0499. The maximum Gasteiger partial charge on any atom is 0.255 e. The van der Waals surface area contributed by atoms with Gasteiger partial charge in [-0.25, -0.2) is 4.98 Å². The highest BCUT2D eigenvalue weighted by molar-refractivity contribution is 6.00. The van der Waals surface area contributed by atoms with Gasteiger partial charge in [0.1, 0.15) is 5.82 Å². The molecular formula is C33H41N5O3. The molecule has 2 aliphatic rings. The number of likely N-dealkylation sites (tertiary alicyclic amines) is 1. The van der Waals surface area contributed by atoms with Crippen molar-refractivity contribution in [2.75, 3.05) is 25.9 Å². The van der Waals surface area contributed by atoms with E-state index in [4.69, 9.17) is 10.5 Å². The Morgan fingerprint density at radius 1 is 0.927 bits per heavy atom. The van der Waals surface area contributed by atoms with Gasteiger partial charge in [0.2, 0.25) is 0 Å². The zero-order valence-corrected chi connectivity index (χ0v) is 24.3. The lowest BCUT2D eigenvalue weighted by atomic mass is 10.0. The average Bonchev–Trinajstić information content (AvgIpc) is 3.41. The second-order valence-corrected chi connectivity index (χ2v) is 11.6. The SMILES string of the molecule is Cc1ccc(CO[C@H]2CCC[C@@H]2NC(=O)c2cc(-c3ccc(C(=O)NC4CCN(C)CC4)cc3)cnc2N)cc1C. The first kappa shape index (κ1) is 28.8. The van der Waals surface area contributed by atoms with Crippen LogP contribution < -0.4 is 16.4 Å². The van der Waals surface area contributed by atoms with Crippen molar-refractivity contribution in [2.24, 2.45) is 0 Å². The van der Waals surface area contributed by atoms with Gasteiger partial charge in [-0.1, -0.05) is 30.3 Å². The van der Waals surface area contributed by atoms with Crippen LogP contribution in [0.25, 0.3) is 11.1 Å². The number of hydrogen-bond acceptors (Lipinski definition) is 6. The Hall–Kier alpha value is -3.75. The summed E-state index contributed by atoms with van der Waals surface area (Å²) in [5, 5.41) is 6.30. The quantitative estimate of drug-likeness (QED) is 0.374. The van der Waals surface area contributed by atoms with Gasteiger partial charge in [-0.2, -0.15) is 0 Å². The van der Waals surface area contributed by atoms with Crippen molar-refractivity contribution in [3.8, 4) is 11.1 Å². The first-order valence-corrected chi connectivity index (χ1v) is 14.6. The number of nitrogen functional groups attached to an aromatic ring is 1. The molecule has 5 rings (SSSR count). The monoisotopic (exact) mass is 555 g/mol. The number of hydrogen-bond donors (Lipinski definition) is 3. The van der Waals surface area contributed by atoms with Crippen LogP contribution in [-0.2, 0) is 11.3 Å². The minimum atomic E-state index is -0.252. The van der Waals surface area contributed by atoms with Gasteiger partial charge < -0.3 is 26.0 Å². The van der Waals surface area contributed by atoms with Crippen LogP contribution in [0.1, 0.15) is 69.5 Å². The number of benzene rings is 2. The number of amides is 2. The smallest absolute Gasteiger partial charge is 0.255 e. The third-order valence-corrected chi connectivity index (χ3v) is 8.50. The van der Waals surface area contributed by atoms with Crippen LogP contribution in [0.15, 0.2) is 54.7 Å². The lowest BCUT2D eigenvalue weighted by molar-refractivity contribution is 0.0272. The molecule has 8 nitrogen and oxygen atoms in total. The molecule has 2 fully saturated rings. The van der Waals surface area contributed by atoms with Crippen LogP contribution in [0, 0.1) is 13.8 Å². The van der Waals surface area contributed by atoms with Gasteiger partial charge in [0, 0.05) is 23.4 Å². The molecule has 0 radical (unpaired) electrons. The summed E-state index contributed by atoms with van der Waals surface area (Å²) in [5.74, 6) is -0.129. The number of piperidine rings is 1. The van der Waals surface area contributed by atoms with Crippen LogP contribution in [-0.4, -0.2) is 60.0 Å². The summed E-state index contributed by atoms with van der Waals surface area (Å²) in [5.41, 5.74) is 12.4. The predicted octanol–water partition coefficient (Wildman–Crippen LogP) is 4.64. The summed E-state index contributed by atoms with van der Waals surface area (Å²) in [6.07, 6.45) is 6.29. The van der Waals surface area contributed by atoms with Crippen molar-refractivity contribution in [1.29, 1.82) is 0 Å². The Balaban J connectivity index is 1.21. The van der Waals surface area contributed by atoms with Crippen molar-refractivity contribution in [2.45, 2.75) is 70.7 Å². The van der Waals surface area contributed by atoms with Crippen molar-refractivity contribution < 1.29 is 14.3 Å². The highest BCUT2D eigenvalue weighted by atomic mass is 16.5. The largest absolute Gasteiger partial charge is 0.383 e. The van der Waals surface area contributed by atoms with Crippen LogP contribution >= 0.6 is 0 Å². The second-order valence-electron chi connectivity index (χ2n) is 11.6. The molecule has 4 N–H and O–H groups in total. The molecule has 2 atom stereocenters. The van der Waals surface area contributed by atoms with Crippen LogP contribution in [0.5, 0.6) is 0 Å². The lowest BCUT2D eigenvalue weighted by Gasteiger charge is -2.29. The molecule has 0 spiro atoms. The molecule has 1 aliphatic heterocycles. The van der Waals surface area contributed by atoms with E-state index < -0.39 is 0 Å². The second kappa shape index (κ2) is 12.8. The van der Waals surface area contributed by atoms with Crippen LogP contribution in [0.3, 0.4) is 0 Å². The fourth-order valence-electron chi connectivity index (χ4n) is 5.68. The van der Waals surface area contributed by atoms with Crippen molar-refractivity contribution in [3.63, 3.8) is 0 Å². The summed E-state index contributed by atoms with van der Waals surface area (Å²) >= 11 is 0. The minimum Gasteiger partial charge on any atom is -0.383 e. The van der Waals surface area contributed by atoms with Gasteiger partial charge in [-0.05, 0) is 107 Å². The van der Waals surface area contributed by atoms with Gasteiger partial charge in [0.05, 0.1) is 24.3 Å². The van der Waals surface area contributed by atoms with Gasteiger partial charge in [-0.15, -0.1) is 0 Å². The maximum absolute atomic E-state index is 13.3. The number of aromatic nitrogens is 1. The van der Waals surface area contributed by atoms with E-state index in [-0.39, 0.29) is 35.8 Å². The van der Waals surface area contributed by atoms with E-state index in [1.165, 1.54) is 11.1 Å². The molecule has 0 unspecified atom stereocenters. The standard InChI is InChI=1S/C33H41N5O3/c1-21-7-8-23(17-22(21)2)20-41-30-6-4-5-29(30)37-33(40)28-18-26(19-35-31(28)34)24-9-11-25(12-10-24)32(39)36-27-13-15-38(3)16-14-27/h7-12,17-19,27,29-30H,4-6,13-16,20H2,1-3H3,(H2,34,35)(H,36,39)(H,37,40)/t29-,30-/m0/s1. The zero-order chi connectivity index (χ0) is 28.9. The van der Waals surface area contributed by atoms with E-state index in [0.717, 1.165) is 61.9 Å². The number of ether oxygens (including phenoxy) is 1. The first-order valence-electron chi connectivity index (χ1n) is 14.6. The van der Waals surface area contributed by atoms with Gasteiger partial charge in [-0.3, -0.25) is 9.59 Å². The molecule has 3 aromatic rings. The first-order chi connectivity index (χ1) is 19.8. The number of anilines is 1. The number of pyridine rings is 1. The predicted molar refractivity (Wildman–Crippen MR) is 162 cm³/mol. The van der Waals surface area contributed by atoms with E-state index in [9.17, 15) is 9.59 Å². The Kier molecular flexibility index (Phi) is 9.00. The Morgan fingerprint density at radius 3 is 2.41 bits per heavy atom. The fraction of sp³-hybridized carbons (Fsp3) is 0.424. The number of carbonyl (C=O) groups is 2. The number of nitrogens with one attached hydrogen (secondary N) is 2. The third-order valence-electron chi connectivity index (χ3n) is 8.50. The molecule has 2 heterocycles. The average molecular weight is 556 g/mol. The number of nitrogens with zero attached hydrogens (tertiary/aromatic N) is 2. The van der Waals surface area contributed by atoms with E-state index >= 15 is 0 Å². The molecule has 1 aliphatic carbocycles. The Morgan fingerprint density at radius 2 is 1.68 bits per heavy atom. The van der Waals surface area contributed by atoms with E-state index in [0.29, 0.717) is 17.7 Å². The number of rotatable bonds is 8. The van der Waals surface area contributed by atoms with Crippen molar-refractivity contribution >= 4 is 17.6 Å². The van der Waals surface area contributed by atoms with Gasteiger partial charge in [0.15, 0.2) is 0 Å². The molecule has 2 aromatic carbocycles. The van der Waals surface area contributed by atoms with Crippen molar-refractivity contribution in [1.82, 2.24) is 20.5 Å². The van der Waals surface area contributed by atoms with E-state index in [1.54, 1.807) is 12.3 Å². The molecular weight excluding hydrogens is 514 g/mol. The molecule has 1 saturated carbocycles. The van der Waals surface area contributed by atoms with Crippen molar-refractivity contribution in [3.05, 3.63) is 82.5 Å². The van der Waals surface area contributed by atoms with Gasteiger partial charge >= 0.3 is 0 Å². The maximum atomic E-state index is 13.3. The number of aryl methyl sites for hydroxylation is 2. The normalized spacial score (nSPS) is 19.7. The van der Waals surface area contributed by atoms with Gasteiger partial charge in [0.25, 0.3) is 11.8 Å². The molecule has 2 amide bonds. The van der Waals surface area contributed by atoms with Crippen LogP contribution in [0.4, 0.5) is 5.82 Å². The Bertz CT molecular complexity index is 1380. The molecule has 1 saturated heterocycles. The summed E-state index contributed by atoms with van der Waals surface area (Å²) in [6, 6.07) is 15.6. The number of carbonyl (C=O) groups excluding carboxylic acids is 2. The Labute approximate surface area is 242 Å². The molecule has 41 heavy (non-hydrogen) atoms. The molecule has 216 valence electrons. The summed E-state index contributed by atoms with van der Waals surface area (Å²) in [7, 11) is 2.10. The zero-order valence-electron chi connectivity index (χ0n) is 24.3. The fourth-order valence-corrected chi connectivity index (χ4v) is 5.68. The summed E-state index contributed by atoms with van der Waals surface area (Å²) in [6.45, 7) is 6.70. The summed E-state index contributed by atoms with van der Waals surface area (Å²) < 4.78 is 6.24.